The van der Waals surface area contributed by atoms with Crippen molar-refractivity contribution in [1.82, 2.24) is 4.98 Å². The highest BCUT2D eigenvalue weighted by Gasteiger charge is 2.13. The predicted molar refractivity (Wildman–Crippen MR) is 107 cm³/mol. The fourth-order valence-electron chi connectivity index (χ4n) is 2.39. The fraction of sp³-hybridized carbons (Fsp3) is 0.222. The van der Waals surface area contributed by atoms with Crippen molar-refractivity contribution in [2.24, 2.45) is 0 Å². The highest BCUT2D eigenvalue weighted by molar-refractivity contribution is 9.10. The van der Waals surface area contributed by atoms with Crippen molar-refractivity contribution in [2.75, 3.05) is 11.9 Å². The van der Waals surface area contributed by atoms with Crippen molar-refractivity contribution in [3.63, 3.8) is 0 Å². The molecule has 0 fully saturated rings. The minimum absolute atomic E-state index is 0.103. The van der Waals surface area contributed by atoms with E-state index < -0.39 is 0 Å². The molecule has 0 aliphatic rings. The molecule has 0 bridgehead atoms. The number of thiazole rings is 1. The molecule has 3 aromatic rings. The van der Waals surface area contributed by atoms with E-state index >= 15 is 0 Å². The normalized spacial score (nSPS) is 10.9. The third kappa shape index (κ3) is 3.97. The summed E-state index contributed by atoms with van der Waals surface area (Å²) in [5.74, 6) is 0.336. The number of aryl methyl sites for hydroxylation is 2. The van der Waals surface area contributed by atoms with Gasteiger partial charge in [-0.2, -0.15) is 0 Å². The van der Waals surface area contributed by atoms with Gasteiger partial charge in [0.2, 0.25) is 0 Å². The molecule has 4 nitrogen and oxygen atoms in total. The number of amides is 1. The Morgan fingerprint density at radius 1 is 1.32 bits per heavy atom. The average Bonchev–Trinajstić information content (AvgIpc) is 2.96. The number of benzene rings is 2. The first-order valence-corrected chi connectivity index (χ1v) is 9.59. The summed E-state index contributed by atoms with van der Waals surface area (Å²) in [7, 11) is 0. The second kappa shape index (κ2) is 7.32. The molecule has 25 heavy (non-hydrogen) atoms. The minimum Gasteiger partial charge on any atom is -0.483 e. The van der Waals surface area contributed by atoms with Gasteiger partial charge in [0.1, 0.15) is 5.75 Å². The van der Waals surface area contributed by atoms with E-state index in [1.807, 2.05) is 39.0 Å². The molecule has 0 spiro atoms. The molecule has 0 unspecified atom stereocenters. The Bertz CT molecular complexity index is 971. The van der Waals surface area contributed by atoms with Crippen LogP contribution in [-0.2, 0) is 4.79 Å². The molecule has 3 rings (SSSR count). The van der Waals surface area contributed by atoms with Crippen molar-refractivity contribution >= 4 is 60.1 Å². The third-order valence-corrected chi connectivity index (χ3v) is 6.22. The number of nitrogens with zero attached hydrogens (tertiary/aromatic N) is 1. The number of fused-ring (bicyclic) bond motifs is 1. The summed E-state index contributed by atoms with van der Waals surface area (Å²) in [6, 6.07) is 7.81. The number of hydrogen-bond acceptors (Lipinski definition) is 4. The molecule has 0 atom stereocenters. The van der Waals surface area contributed by atoms with Crippen LogP contribution in [0, 0.1) is 20.8 Å². The second-order valence-electron chi connectivity index (χ2n) is 5.77. The number of anilines is 1. The van der Waals surface area contributed by atoms with Gasteiger partial charge in [-0.05, 0) is 71.6 Å². The molecule has 0 aliphatic heterocycles. The summed E-state index contributed by atoms with van der Waals surface area (Å²) < 4.78 is 7.44. The Balaban J connectivity index is 1.68. The van der Waals surface area contributed by atoms with Crippen LogP contribution in [0.5, 0.6) is 5.75 Å². The van der Waals surface area contributed by atoms with Gasteiger partial charge in [0.15, 0.2) is 11.7 Å². The molecule has 0 aliphatic carbocycles. The molecular formula is C18H16BrClN2O2S. The Labute approximate surface area is 163 Å². The van der Waals surface area contributed by atoms with Gasteiger partial charge in [-0.3, -0.25) is 10.1 Å². The van der Waals surface area contributed by atoms with Crippen LogP contribution in [0.15, 0.2) is 28.7 Å². The lowest BCUT2D eigenvalue weighted by Crippen LogP contribution is -2.20. The lowest BCUT2D eigenvalue weighted by atomic mass is 10.1. The molecule has 1 aromatic heterocycles. The molecule has 130 valence electrons. The van der Waals surface area contributed by atoms with Gasteiger partial charge < -0.3 is 4.74 Å². The predicted octanol–water partition coefficient (Wildman–Crippen LogP) is 5.65. The zero-order chi connectivity index (χ0) is 18.1. The lowest BCUT2D eigenvalue weighted by Gasteiger charge is -2.12. The van der Waals surface area contributed by atoms with Crippen LogP contribution in [0.4, 0.5) is 5.13 Å². The van der Waals surface area contributed by atoms with Crippen molar-refractivity contribution in [2.45, 2.75) is 20.8 Å². The quantitative estimate of drug-likeness (QED) is 0.571. The number of rotatable bonds is 4. The first-order chi connectivity index (χ1) is 11.8. The number of carbonyl (C=O) groups excluding carboxylic acids is 1. The Hall–Kier alpha value is -1.63. The molecule has 2 aromatic carbocycles. The average molecular weight is 440 g/mol. The van der Waals surface area contributed by atoms with Crippen LogP contribution in [0.25, 0.3) is 10.2 Å². The van der Waals surface area contributed by atoms with Gasteiger partial charge in [0, 0.05) is 5.02 Å². The maximum absolute atomic E-state index is 12.2. The van der Waals surface area contributed by atoms with Crippen molar-refractivity contribution in [1.29, 1.82) is 0 Å². The van der Waals surface area contributed by atoms with Crippen molar-refractivity contribution < 1.29 is 9.53 Å². The highest BCUT2D eigenvalue weighted by atomic mass is 79.9. The van der Waals surface area contributed by atoms with Crippen molar-refractivity contribution in [3.8, 4) is 5.75 Å². The van der Waals surface area contributed by atoms with E-state index in [4.69, 9.17) is 16.3 Å². The van der Waals surface area contributed by atoms with E-state index in [-0.39, 0.29) is 12.5 Å². The van der Waals surface area contributed by atoms with Crippen LogP contribution >= 0.6 is 38.9 Å². The Kier molecular flexibility index (Phi) is 5.32. The van der Waals surface area contributed by atoms with E-state index in [2.05, 4.69) is 32.3 Å². The SMILES string of the molecule is Cc1ccc2nc(NC(=O)COc3cc(C)c(Cl)c(C)c3Br)sc2c1. The summed E-state index contributed by atoms with van der Waals surface area (Å²) in [5, 5.41) is 4.04. The maximum atomic E-state index is 12.2. The van der Waals surface area contributed by atoms with Gasteiger partial charge in [-0.1, -0.05) is 29.0 Å². The van der Waals surface area contributed by atoms with E-state index in [1.165, 1.54) is 11.3 Å². The largest absolute Gasteiger partial charge is 0.483 e. The molecule has 7 heteroatoms. The van der Waals surface area contributed by atoms with Gasteiger partial charge in [-0.15, -0.1) is 0 Å². The van der Waals surface area contributed by atoms with E-state index in [1.54, 1.807) is 0 Å². The summed E-state index contributed by atoms with van der Waals surface area (Å²) in [6.45, 7) is 5.72. The van der Waals surface area contributed by atoms with Crippen LogP contribution in [0.2, 0.25) is 5.02 Å². The van der Waals surface area contributed by atoms with Crippen LogP contribution in [-0.4, -0.2) is 17.5 Å². The summed E-state index contributed by atoms with van der Waals surface area (Å²) in [4.78, 5) is 16.6. The van der Waals surface area contributed by atoms with Gasteiger partial charge >= 0.3 is 0 Å². The van der Waals surface area contributed by atoms with Crippen molar-refractivity contribution in [3.05, 3.63) is 50.5 Å². The second-order valence-corrected chi connectivity index (χ2v) is 7.97. The lowest BCUT2D eigenvalue weighted by molar-refractivity contribution is -0.118. The van der Waals surface area contributed by atoms with E-state index in [9.17, 15) is 4.79 Å². The first-order valence-electron chi connectivity index (χ1n) is 7.60. The van der Waals surface area contributed by atoms with Gasteiger partial charge in [0.05, 0.1) is 14.7 Å². The number of nitrogens with one attached hydrogen (secondary N) is 1. The summed E-state index contributed by atoms with van der Waals surface area (Å²) >= 11 is 11.1. The molecule has 1 heterocycles. The fourth-order valence-corrected chi connectivity index (χ4v) is 4.06. The Morgan fingerprint density at radius 3 is 2.84 bits per heavy atom. The zero-order valence-corrected chi connectivity index (χ0v) is 17.1. The molecule has 0 radical (unpaired) electrons. The summed E-state index contributed by atoms with van der Waals surface area (Å²) in [6.07, 6.45) is 0. The standard InChI is InChI=1S/C18H16BrClN2O2S/c1-9-4-5-12-14(6-9)25-18(21-12)22-15(23)8-24-13-7-10(2)17(20)11(3)16(13)19/h4-7H,8H2,1-3H3,(H,21,22,23). The monoisotopic (exact) mass is 438 g/mol. The number of halogens is 2. The van der Waals surface area contributed by atoms with Gasteiger partial charge in [0.25, 0.3) is 5.91 Å². The third-order valence-electron chi connectivity index (χ3n) is 3.72. The van der Waals surface area contributed by atoms with Crippen LogP contribution < -0.4 is 10.1 Å². The first kappa shape index (κ1) is 18.2. The molecule has 1 N–H and O–H groups in total. The van der Waals surface area contributed by atoms with Crippen LogP contribution in [0.1, 0.15) is 16.7 Å². The molecule has 1 amide bonds. The number of hydrogen-bond donors (Lipinski definition) is 1. The molecule has 0 saturated carbocycles. The smallest absolute Gasteiger partial charge is 0.264 e. The number of ether oxygens (including phenoxy) is 1. The topological polar surface area (TPSA) is 51.2 Å². The van der Waals surface area contributed by atoms with Crippen LogP contribution in [0.3, 0.4) is 0 Å². The highest BCUT2D eigenvalue weighted by Crippen LogP contribution is 2.35. The van der Waals surface area contributed by atoms with E-state index in [0.717, 1.165) is 31.4 Å². The zero-order valence-electron chi connectivity index (χ0n) is 13.9. The maximum Gasteiger partial charge on any atom is 0.264 e. The van der Waals surface area contributed by atoms with E-state index in [0.29, 0.717) is 15.9 Å². The summed E-state index contributed by atoms with van der Waals surface area (Å²) in [5.41, 5.74) is 3.83. The molecular weight excluding hydrogens is 424 g/mol. The van der Waals surface area contributed by atoms with Gasteiger partial charge in [-0.25, -0.2) is 4.98 Å². The number of carbonyl (C=O) groups is 1. The Morgan fingerprint density at radius 2 is 2.08 bits per heavy atom. The number of aromatic nitrogens is 1. The minimum atomic E-state index is -0.257. The molecule has 0 saturated heterocycles.